The smallest absolute Gasteiger partial charge is 0.251 e. The second-order valence-electron chi connectivity index (χ2n) is 7.09. The summed E-state index contributed by atoms with van der Waals surface area (Å²) in [6, 6.07) is 21.5. The van der Waals surface area contributed by atoms with Gasteiger partial charge in [-0.25, -0.2) is 4.98 Å². The minimum atomic E-state index is -0.125. The van der Waals surface area contributed by atoms with Gasteiger partial charge in [0.2, 0.25) is 0 Å². The summed E-state index contributed by atoms with van der Waals surface area (Å²) in [5.41, 5.74) is 2.41. The van der Waals surface area contributed by atoms with Gasteiger partial charge in [0.15, 0.2) is 11.5 Å². The number of benzene rings is 2. The Labute approximate surface area is 184 Å². The van der Waals surface area contributed by atoms with Gasteiger partial charge in [0.1, 0.15) is 13.2 Å². The molecular weight excluding hydrogens is 408 g/mol. The highest BCUT2D eigenvalue weighted by Gasteiger charge is 2.19. The van der Waals surface area contributed by atoms with Crippen molar-refractivity contribution in [3.63, 3.8) is 0 Å². The zero-order valence-corrected chi connectivity index (χ0v) is 17.5. The maximum absolute atomic E-state index is 13.2. The number of thiophene rings is 1. The minimum Gasteiger partial charge on any atom is -0.486 e. The van der Waals surface area contributed by atoms with Gasteiger partial charge in [-0.05, 0) is 41.8 Å². The second-order valence-corrected chi connectivity index (χ2v) is 8.13. The number of hydrogen-bond donors (Lipinski definition) is 0. The first-order valence-corrected chi connectivity index (χ1v) is 10.9. The molecule has 0 bridgehead atoms. The van der Waals surface area contributed by atoms with Crippen molar-refractivity contribution < 1.29 is 14.3 Å². The molecule has 0 spiro atoms. The number of amides is 1. The Hall–Kier alpha value is -3.64. The van der Waals surface area contributed by atoms with Gasteiger partial charge in [0.05, 0.1) is 17.8 Å². The SMILES string of the molecule is O=C(/C=C/c1ccc2ccccc2n1)N(Cc1cccs1)c1ccc2c(c1)OCCO2. The number of aromatic nitrogens is 1. The van der Waals surface area contributed by atoms with Crippen molar-refractivity contribution in [2.75, 3.05) is 18.1 Å². The molecule has 0 aliphatic carbocycles. The molecule has 2 aromatic heterocycles. The quantitative estimate of drug-likeness (QED) is 0.404. The van der Waals surface area contributed by atoms with Gasteiger partial charge in [-0.1, -0.05) is 30.3 Å². The van der Waals surface area contributed by atoms with E-state index in [1.807, 2.05) is 72.1 Å². The van der Waals surface area contributed by atoms with E-state index in [9.17, 15) is 4.79 Å². The number of carbonyl (C=O) groups excluding carboxylic acids is 1. The molecule has 2 aromatic carbocycles. The van der Waals surface area contributed by atoms with E-state index in [0.29, 0.717) is 31.3 Å². The van der Waals surface area contributed by atoms with Gasteiger partial charge >= 0.3 is 0 Å². The van der Waals surface area contributed by atoms with E-state index in [-0.39, 0.29) is 5.91 Å². The molecule has 5 nitrogen and oxygen atoms in total. The molecule has 0 atom stereocenters. The lowest BCUT2D eigenvalue weighted by atomic mass is 10.2. The van der Waals surface area contributed by atoms with Crippen LogP contribution in [-0.4, -0.2) is 24.1 Å². The molecule has 4 aromatic rings. The monoisotopic (exact) mass is 428 g/mol. The van der Waals surface area contributed by atoms with Crippen LogP contribution in [0.3, 0.4) is 0 Å². The van der Waals surface area contributed by atoms with E-state index in [1.165, 1.54) is 0 Å². The lowest BCUT2D eigenvalue weighted by molar-refractivity contribution is -0.114. The molecule has 0 radical (unpaired) electrons. The summed E-state index contributed by atoms with van der Waals surface area (Å²) < 4.78 is 11.3. The molecule has 1 aliphatic heterocycles. The Kier molecular flexibility index (Phi) is 5.37. The summed E-state index contributed by atoms with van der Waals surface area (Å²) in [6.45, 7) is 1.51. The standard InChI is InChI=1S/C25H20N2O3S/c28-25(12-9-19-8-7-18-4-1-2-6-22(18)26-19)27(17-21-5-3-15-31-21)20-10-11-23-24(16-20)30-14-13-29-23/h1-12,15-16H,13-14,17H2/b12-9+. The van der Waals surface area contributed by atoms with Gasteiger partial charge in [0, 0.05) is 28.1 Å². The van der Waals surface area contributed by atoms with Crippen LogP contribution < -0.4 is 14.4 Å². The van der Waals surface area contributed by atoms with E-state index in [1.54, 1.807) is 28.4 Å². The van der Waals surface area contributed by atoms with Crippen molar-refractivity contribution in [1.82, 2.24) is 4.98 Å². The first-order chi connectivity index (χ1) is 15.3. The zero-order valence-electron chi connectivity index (χ0n) is 16.7. The van der Waals surface area contributed by atoms with Crippen molar-refractivity contribution in [1.29, 1.82) is 0 Å². The molecule has 0 fully saturated rings. The van der Waals surface area contributed by atoms with Crippen molar-refractivity contribution in [2.45, 2.75) is 6.54 Å². The third kappa shape index (κ3) is 4.29. The highest BCUT2D eigenvalue weighted by molar-refractivity contribution is 7.09. The molecule has 0 unspecified atom stereocenters. The highest BCUT2D eigenvalue weighted by Crippen LogP contribution is 2.34. The Morgan fingerprint density at radius 1 is 1.00 bits per heavy atom. The van der Waals surface area contributed by atoms with Gasteiger partial charge < -0.3 is 14.4 Å². The van der Waals surface area contributed by atoms with Crippen LogP contribution in [0.4, 0.5) is 5.69 Å². The lowest BCUT2D eigenvalue weighted by Gasteiger charge is -2.24. The molecule has 1 amide bonds. The predicted octanol–water partition coefficient (Wildman–Crippen LogP) is 5.31. The molecule has 5 rings (SSSR count). The average molecular weight is 429 g/mol. The van der Waals surface area contributed by atoms with E-state index in [0.717, 1.165) is 27.2 Å². The summed E-state index contributed by atoms with van der Waals surface area (Å²) in [6.07, 6.45) is 3.33. The maximum Gasteiger partial charge on any atom is 0.251 e. The van der Waals surface area contributed by atoms with Crippen LogP contribution in [0, 0.1) is 0 Å². The third-order valence-electron chi connectivity index (χ3n) is 5.01. The topological polar surface area (TPSA) is 51.7 Å². The van der Waals surface area contributed by atoms with Crippen LogP contribution in [0.25, 0.3) is 17.0 Å². The molecule has 0 N–H and O–H groups in total. The first kappa shape index (κ1) is 19.3. The average Bonchev–Trinajstić information content (AvgIpc) is 3.34. The van der Waals surface area contributed by atoms with E-state index in [2.05, 4.69) is 4.98 Å². The molecule has 0 saturated heterocycles. The summed E-state index contributed by atoms with van der Waals surface area (Å²) in [5.74, 6) is 1.24. The Balaban J connectivity index is 1.43. The molecule has 154 valence electrons. The molecular formula is C25H20N2O3S. The third-order valence-corrected chi connectivity index (χ3v) is 5.88. The Morgan fingerprint density at radius 2 is 1.87 bits per heavy atom. The van der Waals surface area contributed by atoms with E-state index < -0.39 is 0 Å². The van der Waals surface area contributed by atoms with E-state index in [4.69, 9.17) is 9.47 Å². The van der Waals surface area contributed by atoms with Gasteiger partial charge in [-0.2, -0.15) is 0 Å². The number of para-hydroxylation sites is 1. The van der Waals surface area contributed by atoms with Crippen LogP contribution in [-0.2, 0) is 11.3 Å². The first-order valence-electron chi connectivity index (χ1n) is 10.0. The highest BCUT2D eigenvalue weighted by atomic mass is 32.1. The van der Waals surface area contributed by atoms with Crippen LogP contribution in [0.15, 0.2) is 78.2 Å². The van der Waals surface area contributed by atoms with Gasteiger partial charge in [-0.15, -0.1) is 11.3 Å². The number of carbonyl (C=O) groups is 1. The number of pyridine rings is 1. The number of fused-ring (bicyclic) bond motifs is 2. The second kappa shape index (κ2) is 8.62. The zero-order chi connectivity index (χ0) is 21.0. The van der Waals surface area contributed by atoms with Crippen LogP contribution in [0.5, 0.6) is 11.5 Å². The summed E-state index contributed by atoms with van der Waals surface area (Å²) in [4.78, 5) is 20.7. The Bertz CT molecular complexity index is 1250. The number of nitrogens with zero attached hydrogens (tertiary/aromatic N) is 2. The van der Waals surface area contributed by atoms with Crippen LogP contribution in [0.1, 0.15) is 10.6 Å². The van der Waals surface area contributed by atoms with Gasteiger partial charge in [-0.3, -0.25) is 4.79 Å². The molecule has 0 saturated carbocycles. The fourth-order valence-electron chi connectivity index (χ4n) is 3.48. The fraction of sp³-hybridized carbons (Fsp3) is 0.120. The van der Waals surface area contributed by atoms with Crippen molar-refractivity contribution in [2.24, 2.45) is 0 Å². The van der Waals surface area contributed by atoms with Crippen molar-refractivity contribution >= 4 is 39.9 Å². The van der Waals surface area contributed by atoms with Crippen LogP contribution >= 0.6 is 11.3 Å². The summed E-state index contributed by atoms with van der Waals surface area (Å²) in [5, 5.41) is 3.08. The number of anilines is 1. The van der Waals surface area contributed by atoms with Crippen LogP contribution in [0.2, 0.25) is 0 Å². The molecule has 31 heavy (non-hydrogen) atoms. The fourth-order valence-corrected chi connectivity index (χ4v) is 4.17. The maximum atomic E-state index is 13.2. The largest absolute Gasteiger partial charge is 0.486 e. The minimum absolute atomic E-state index is 0.125. The lowest BCUT2D eigenvalue weighted by Crippen LogP contribution is -2.28. The number of hydrogen-bond acceptors (Lipinski definition) is 5. The summed E-state index contributed by atoms with van der Waals surface area (Å²) in [7, 11) is 0. The molecule has 6 heteroatoms. The van der Waals surface area contributed by atoms with E-state index >= 15 is 0 Å². The molecule has 3 heterocycles. The summed E-state index contributed by atoms with van der Waals surface area (Å²) >= 11 is 1.62. The number of ether oxygens (including phenoxy) is 2. The van der Waals surface area contributed by atoms with Gasteiger partial charge in [0.25, 0.3) is 5.91 Å². The predicted molar refractivity (Wildman–Crippen MR) is 124 cm³/mol. The van der Waals surface area contributed by atoms with Crippen molar-refractivity contribution in [3.05, 3.63) is 88.8 Å². The number of rotatable bonds is 5. The Morgan fingerprint density at radius 3 is 2.74 bits per heavy atom. The molecule has 1 aliphatic rings. The normalized spacial score (nSPS) is 12.9. The van der Waals surface area contributed by atoms with Crippen molar-refractivity contribution in [3.8, 4) is 11.5 Å².